The number of halogens is 5. The Bertz CT molecular complexity index is 998. The minimum absolute atomic E-state index is 0.00248. The van der Waals surface area contributed by atoms with Crippen molar-refractivity contribution in [2.24, 2.45) is 0 Å². The van der Waals surface area contributed by atoms with Crippen LogP contribution in [0.1, 0.15) is 18.4 Å². The predicted octanol–water partition coefficient (Wildman–Crippen LogP) is 5.20. The lowest BCUT2D eigenvalue weighted by molar-refractivity contribution is -0.137. The summed E-state index contributed by atoms with van der Waals surface area (Å²) in [5.41, 5.74) is -0.697. The summed E-state index contributed by atoms with van der Waals surface area (Å²) in [5, 5.41) is 2.84. The minimum Gasteiger partial charge on any atom is -0.326 e. The third kappa shape index (κ3) is 6.80. The molecule has 0 atom stereocenters. The van der Waals surface area contributed by atoms with Gasteiger partial charge in [0.1, 0.15) is 0 Å². The van der Waals surface area contributed by atoms with Crippen LogP contribution >= 0.6 is 23.2 Å². The first-order chi connectivity index (χ1) is 13.4. The third-order valence-corrected chi connectivity index (χ3v) is 5.55. The molecule has 0 aliphatic rings. The zero-order valence-electron chi connectivity index (χ0n) is 15.1. The number of rotatable bonds is 7. The van der Waals surface area contributed by atoms with Gasteiger partial charge in [-0.15, -0.1) is 0 Å². The zero-order chi connectivity index (χ0) is 21.8. The number of carbonyl (C=O) groups is 1. The Morgan fingerprint density at radius 3 is 2.45 bits per heavy atom. The van der Waals surface area contributed by atoms with Crippen molar-refractivity contribution < 1.29 is 26.4 Å². The van der Waals surface area contributed by atoms with Crippen LogP contribution in [0.4, 0.5) is 24.5 Å². The molecule has 0 radical (unpaired) electrons. The number of anilines is 2. The number of carbonyl (C=O) groups excluding carboxylic acids is 1. The van der Waals surface area contributed by atoms with Gasteiger partial charge in [0.25, 0.3) is 0 Å². The number of sulfonamides is 1. The van der Waals surface area contributed by atoms with Gasteiger partial charge in [0, 0.05) is 23.7 Å². The Balaban J connectivity index is 2.03. The lowest BCUT2D eigenvalue weighted by atomic mass is 10.2. The highest BCUT2D eigenvalue weighted by atomic mass is 35.5. The average Bonchev–Trinajstić information content (AvgIpc) is 2.59. The second-order valence-electron chi connectivity index (χ2n) is 6.16. The highest BCUT2D eigenvalue weighted by Gasteiger charge is 2.30. The number of amides is 1. The molecule has 0 aliphatic heterocycles. The predicted molar refractivity (Wildman–Crippen MR) is 108 cm³/mol. The van der Waals surface area contributed by atoms with Crippen molar-refractivity contribution in [2.75, 3.05) is 22.4 Å². The van der Waals surface area contributed by atoms with Crippen LogP contribution < -0.4 is 9.62 Å². The summed E-state index contributed by atoms with van der Waals surface area (Å²) >= 11 is 12.0. The van der Waals surface area contributed by atoms with Gasteiger partial charge in [0.15, 0.2) is 0 Å². The van der Waals surface area contributed by atoms with Crippen molar-refractivity contribution in [1.82, 2.24) is 0 Å². The number of benzene rings is 2. The van der Waals surface area contributed by atoms with Crippen LogP contribution in [0, 0.1) is 0 Å². The molecule has 1 N–H and O–H groups in total. The quantitative estimate of drug-likeness (QED) is 0.607. The maximum absolute atomic E-state index is 12.7. The Labute approximate surface area is 176 Å². The average molecular weight is 469 g/mol. The van der Waals surface area contributed by atoms with E-state index >= 15 is 0 Å². The summed E-state index contributed by atoms with van der Waals surface area (Å²) in [7, 11) is -3.70. The summed E-state index contributed by atoms with van der Waals surface area (Å²) in [6.45, 7) is -0.0606. The second kappa shape index (κ2) is 9.23. The van der Waals surface area contributed by atoms with Gasteiger partial charge in [-0.1, -0.05) is 29.3 Å². The van der Waals surface area contributed by atoms with Crippen molar-refractivity contribution >= 4 is 50.5 Å². The molecule has 0 heterocycles. The molecule has 0 aliphatic carbocycles. The zero-order valence-corrected chi connectivity index (χ0v) is 17.5. The van der Waals surface area contributed by atoms with Crippen molar-refractivity contribution in [2.45, 2.75) is 19.0 Å². The fourth-order valence-electron chi connectivity index (χ4n) is 2.52. The first-order valence-corrected chi connectivity index (χ1v) is 10.9. The SMILES string of the molecule is CS(=O)(=O)N(CCCC(=O)Nc1cccc(C(F)(F)F)c1)c1cc(Cl)ccc1Cl. The van der Waals surface area contributed by atoms with Gasteiger partial charge in [-0.25, -0.2) is 8.42 Å². The Morgan fingerprint density at radius 1 is 1.14 bits per heavy atom. The minimum atomic E-state index is -4.52. The topological polar surface area (TPSA) is 66.5 Å². The summed E-state index contributed by atoms with van der Waals surface area (Å²) in [4.78, 5) is 12.1. The van der Waals surface area contributed by atoms with Crippen molar-refractivity contribution in [3.8, 4) is 0 Å². The van der Waals surface area contributed by atoms with E-state index in [9.17, 15) is 26.4 Å². The van der Waals surface area contributed by atoms with Gasteiger partial charge in [0.05, 0.1) is 22.5 Å². The first-order valence-electron chi connectivity index (χ1n) is 8.28. The van der Waals surface area contributed by atoms with Crippen LogP contribution in [0.25, 0.3) is 0 Å². The molecule has 0 saturated carbocycles. The Hall–Kier alpha value is -1.97. The van der Waals surface area contributed by atoms with Gasteiger partial charge in [0.2, 0.25) is 15.9 Å². The van der Waals surface area contributed by atoms with Crippen LogP contribution in [0.15, 0.2) is 42.5 Å². The van der Waals surface area contributed by atoms with Crippen molar-refractivity contribution in [3.05, 3.63) is 58.1 Å². The molecule has 1 amide bonds. The molecular weight excluding hydrogens is 452 g/mol. The monoisotopic (exact) mass is 468 g/mol. The molecule has 0 fully saturated rings. The maximum Gasteiger partial charge on any atom is 0.416 e. The molecule has 2 aromatic rings. The largest absolute Gasteiger partial charge is 0.416 e. The van der Waals surface area contributed by atoms with E-state index in [4.69, 9.17) is 23.2 Å². The summed E-state index contributed by atoms with van der Waals surface area (Å²) < 4.78 is 63.5. The maximum atomic E-state index is 12.7. The molecule has 2 rings (SSSR count). The van der Waals surface area contributed by atoms with E-state index in [0.717, 1.165) is 22.7 Å². The number of hydrogen-bond donors (Lipinski definition) is 1. The molecule has 0 spiro atoms. The number of nitrogens with one attached hydrogen (secondary N) is 1. The lowest BCUT2D eigenvalue weighted by Crippen LogP contribution is -2.31. The molecule has 0 saturated heterocycles. The smallest absolute Gasteiger partial charge is 0.326 e. The standard InChI is InChI=1S/C18H17Cl2F3N2O3S/c1-29(27,28)25(16-11-13(19)7-8-15(16)20)9-3-6-17(26)24-14-5-2-4-12(10-14)18(21,22)23/h2,4-5,7-8,10-11H,3,6,9H2,1H3,(H,24,26). The van der Waals surface area contributed by atoms with E-state index in [2.05, 4.69) is 5.32 Å². The fraction of sp³-hybridized carbons (Fsp3) is 0.278. The molecule has 0 unspecified atom stereocenters. The normalized spacial score (nSPS) is 11.9. The molecule has 11 heteroatoms. The fourth-order valence-corrected chi connectivity index (χ4v) is 3.93. The molecule has 5 nitrogen and oxygen atoms in total. The van der Waals surface area contributed by atoms with E-state index in [0.29, 0.717) is 5.02 Å². The third-order valence-electron chi connectivity index (χ3n) is 3.82. The summed E-state index contributed by atoms with van der Waals surface area (Å²) in [6, 6.07) is 8.61. The van der Waals surface area contributed by atoms with Crippen LogP contribution in [0.3, 0.4) is 0 Å². The molecule has 0 aromatic heterocycles. The van der Waals surface area contributed by atoms with Gasteiger partial charge in [-0.3, -0.25) is 9.10 Å². The summed E-state index contributed by atoms with van der Waals surface area (Å²) in [6.07, 6.45) is -3.53. The van der Waals surface area contributed by atoms with Crippen LogP contribution in [-0.4, -0.2) is 27.1 Å². The number of hydrogen-bond acceptors (Lipinski definition) is 3. The van der Waals surface area contributed by atoms with E-state index in [1.807, 2.05) is 0 Å². The molecule has 158 valence electrons. The number of nitrogens with zero attached hydrogens (tertiary/aromatic N) is 1. The van der Waals surface area contributed by atoms with Gasteiger partial charge >= 0.3 is 6.18 Å². The van der Waals surface area contributed by atoms with E-state index in [1.165, 1.54) is 30.3 Å². The lowest BCUT2D eigenvalue weighted by Gasteiger charge is -2.23. The number of alkyl halides is 3. The Morgan fingerprint density at radius 2 is 1.83 bits per heavy atom. The van der Waals surface area contributed by atoms with Crippen molar-refractivity contribution in [3.63, 3.8) is 0 Å². The molecular formula is C18H17Cl2F3N2O3S. The van der Waals surface area contributed by atoms with Gasteiger partial charge in [-0.2, -0.15) is 13.2 Å². The molecule has 29 heavy (non-hydrogen) atoms. The van der Waals surface area contributed by atoms with E-state index in [-0.39, 0.29) is 35.8 Å². The van der Waals surface area contributed by atoms with Crippen LogP contribution in [0.5, 0.6) is 0 Å². The highest BCUT2D eigenvalue weighted by Crippen LogP contribution is 2.32. The molecule has 2 aromatic carbocycles. The Kier molecular flexibility index (Phi) is 7.42. The van der Waals surface area contributed by atoms with E-state index in [1.54, 1.807) is 0 Å². The molecule has 0 bridgehead atoms. The van der Waals surface area contributed by atoms with Gasteiger partial charge in [-0.05, 0) is 42.8 Å². The van der Waals surface area contributed by atoms with Gasteiger partial charge < -0.3 is 5.32 Å². The van der Waals surface area contributed by atoms with Crippen molar-refractivity contribution in [1.29, 1.82) is 0 Å². The van der Waals surface area contributed by atoms with Crippen LogP contribution in [-0.2, 0) is 21.0 Å². The summed E-state index contributed by atoms with van der Waals surface area (Å²) in [5.74, 6) is -0.546. The van der Waals surface area contributed by atoms with Crippen LogP contribution in [0.2, 0.25) is 10.0 Å². The second-order valence-corrected chi connectivity index (χ2v) is 8.91. The van der Waals surface area contributed by atoms with E-state index < -0.39 is 27.7 Å². The first kappa shape index (κ1) is 23.3. The highest BCUT2D eigenvalue weighted by molar-refractivity contribution is 7.92.